The first-order valence-electron chi connectivity index (χ1n) is 7.37. The van der Waals surface area contributed by atoms with Crippen LogP contribution in [0, 0.1) is 0 Å². The first kappa shape index (κ1) is 15.4. The third-order valence-electron chi connectivity index (χ3n) is 3.34. The van der Waals surface area contributed by atoms with Gasteiger partial charge in [0, 0.05) is 17.0 Å². The van der Waals surface area contributed by atoms with E-state index in [-0.39, 0.29) is 5.91 Å². The molecule has 0 radical (unpaired) electrons. The number of nitrogens with one attached hydrogen (secondary N) is 1. The molecule has 0 bridgehead atoms. The number of carbonyl (C=O) groups is 1. The topological polar surface area (TPSA) is 42.2 Å². The average molecular weight is 323 g/mol. The molecule has 2 aromatic carbocycles. The van der Waals surface area contributed by atoms with E-state index in [4.69, 9.17) is 4.42 Å². The van der Waals surface area contributed by atoms with Crippen LogP contribution in [0.5, 0.6) is 0 Å². The molecule has 1 N–H and O–H groups in total. The highest BCUT2D eigenvalue weighted by Crippen LogP contribution is 2.19. The molecule has 1 amide bonds. The fourth-order valence-corrected chi connectivity index (χ4v) is 3.04. The van der Waals surface area contributed by atoms with Gasteiger partial charge in [0.25, 0.3) is 5.91 Å². The molecule has 0 spiro atoms. The fraction of sp³-hybridized carbons (Fsp3) is 0.105. The van der Waals surface area contributed by atoms with Crippen LogP contribution in [0.25, 0.3) is 0 Å². The van der Waals surface area contributed by atoms with E-state index in [9.17, 15) is 4.79 Å². The first-order valence-corrected chi connectivity index (χ1v) is 8.52. The van der Waals surface area contributed by atoms with Crippen molar-refractivity contribution in [3.05, 3.63) is 89.9 Å². The van der Waals surface area contributed by atoms with Crippen molar-refractivity contribution in [1.82, 2.24) is 0 Å². The number of benzene rings is 2. The fourth-order valence-electron chi connectivity index (χ4n) is 2.14. The monoisotopic (exact) mass is 323 g/mol. The van der Waals surface area contributed by atoms with Gasteiger partial charge in [0.1, 0.15) is 5.76 Å². The van der Waals surface area contributed by atoms with E-state index in [0.29, 0.717) is 5.56 Å². The number of para-hydroxylation sites is 1. The van der Waals surface area contributed by atoms with Gasteiger partial charge in [-0.15, -0.1) is 11.8 Å². The molecule has 1 heterocycles. The lowest BCUT2D eigenvalue weighted by molar-refractivity contribution is 0.102. The first-order chi connectivity index (χ1) is 11.3. The Labute approximate surface area is 139 Å². The maximum Gasteiger partial charge on any atom is 0.255 e. The van der Waals surface area contributed by atoms with Gasteiger partial charge in [-0.3, -0.25) is 4.79 Å². The van der Waals surface area contributed by atoms with E-state index in [0.717, 1.165) is 23.0 Å². The Hall–Kier alpha value is -2.46. The largest absolute Gasteiger partial charge is 0.468 e. The number of furan rings is 1. The summed E-state index contributed by atoms with van der Waals surface area (Å²) in [7, 11) is 0. The lowest BCUT2D eigenvalue weighted by atomic mass is 10.1. The Kier molecular flexibility index (Phi) is 5.17. The number of carbonyl (C=O) groups excluding carboxylic acids is 1. The van der Waals surface area contributed by atoms with E-state index in [1.54, 1.807) is 18.0 Å². The molecule has 0 saturated carbocycles. The molecule has 0 aliphatic rings. The second kappa shape index (κ2) is 7.70. The van der Waals surface area contributed by atoms with Crippen LogP contribution in [-0.2, 0) is 11.5 Å². The molecular weight excluding hydrogens is 306 g/mol. The molecule has 4 heteroatoms. The molecule has 0 saturated heterocycles. The zero-order valence-corrected chi connectivity index (χ0v) is 13.4. The Morgan fingerprint density at radius 1 is 0.913 bits per heavy atom. The van der Waals surface area contributed by atoms with Crippen molar-refractivity contribution in [1.29, 1.82) is 0 Å². The SMILES string of the molecule is O=C(Nc1ccccc1)c1ccc(CSCc2ccco2)cc1. The van der Waals surface area contributed by atoms with Crippen molar-refractivity contribution in [2.45, 2.75) is 11.5 Å². The standard InChI is InChI=1S/C19H17NO2S/c21-19(20-17-5-2-1-3-6-17)16-10-8-15(9-11-16)13-23-14-18-7-4-12-22-18/h1-12H,13-14H2,(H,20,21). The highest BCUT2D eigenvalue weighted by molar-refractivity contribution is 7.97. The minimum atomic E-state index is -0.0917. The van der Waals surface area contributed by atoms with Crippen LogP contribution in [0.3, 0.4) is 0 Å². The molecule has 23 heavy (non-hydrogen) atoms. The third kappa shape index (κ3) is 4.50. The lowest BCUT2D eigenvalue weighted by Gasteiger charge is -2.06. The van der Waals surface area contributed by atoms with Gasteiger partial charge in [-0.2, -0.15) is 0 Å². The number of rotatable bonds is 6. The summed E-state index contributed by atoms with van der Waals surface area (Å²) in [5, 5.41) is 2.88. The van der Waals surface area contributed by atoms with Gasteiger partial charge in [-0.05, 0) is 42.0 Å². The minimum Gasteiger partial charge on any atom is -0.468 e. The van der Waals surface area contributed by atoms with Crippen LogP contribution in [0.2, 0.25) is 0 Å². The van der Waals surface area contributed by atoms with Crippen LogP contribution >= 0.6 is 11.8 Å². The predicted molar refractivity (Wildman–Crippen MR) is 94.5 cm³/mol. The average Bonchev–Trinajstić information content (AvgIpc) is 3.10. The zero-order valence-electron chi connectivity index (χ0n) is 12.6. The van der Waals surface area contributed by atoms with E-state index < -0.39 is 0 Å². The van der Waals surface area contributed by atoms with Crippen molar-refractivity contribution in [3.8, 4) is 0 Å². The summed E-state index contributed by atoms with van der Waals surface area (Å²) in [6.45, 7) is 0. The molecule has 0 unspecified atom stereocenters. The second-order valence-electron chi connectivity index (χ2n) is 5.09. The van der Waals surface area contributed by atoms with Crippen molar-refractivity contribution < 1.29 is 9.21 Å². The van der Waals surface area contributed by atoms with Crippen LogP contribution in [0.4, 0.5) is 5.69 Å². The van der Waals surface area contributed by atoms with Gasteiger partial charge in [0.15, 0.2) is 0 Å². The van der Waals surface area contributed by atoms with Gasteiger partial charge >= 0.3 is 0 Å². The zero-order chi connectivity index (χ0) is 15.9. The summed E-state index contributed by atoms with van der Waals surface area (Å²) in [4.78, 5) is 12.2. The van der Waals surface area contributed by atoms with Crippen molar-refractivity contribution in [3.63, 3.8) is 0 Å². The van der Waals surface area contributed by atoms with Gasteiger partial charge in [-0.25, -0.2) is 0 Å². The smallest absolute Gasteiger partial charge is 0.255 e. The molecule has 3 nitrogen and oxygen atoms in total. The van der Waals surface area contributed by atoms with Gasteiger partial charge in [-0.1, -0.05) is 30.3 Å². The third-order valence-corrected chi connectivity index (χ3v) is 4.37. The van der Waals surface area contributed by atoms with Crippen molar-refractivity contribution in [2.24, 2.45) is 0 Å². The second-order valence-corrected chi connectivity index (χ2v) is 6.07. The molecule has 3 rings (SSSR count). The van der Waals surface area contributed by atoms with Gasteiger partial charge in [0.05, 0.1) is 12.0 Å². The van der Waals surface area contributed by atoms with Gasteiger partial charge in [0.2, 0.25) is 0 Å². The molecule has 116 valence electrons. The molecule has 0 aliphatic carbocycles. The number of anilines is 1. The molecule has 1 aromatic heterocycles. The summed E-state index contributed by atoms with van der Waals surface area (Å²) >= 11 is 1.79. The summed E-state index contributed by atoms with van der Waals surface area (Å²) in [6, 6.07) is 21.1. The Bertz CT molecular complexity index is 737. The van der Waals surface area contributed by atoms with Crippen LogP contribution < -0.4 is 5.32 Å². The summed E-state index contributed by atoms with van der Waals surface area (Å²) < 4.78 is 5.30. The van der Waals surface area contributed by atoms with E-state index in [2.05, 4.69) is 5.32 Å². The summed E-state index contributed by atoms with van der Waals surface area (Å²) in [5.74, 6) is 2.63. The highest BCUT2D eigenvalue weighted by atomic mass is 32.2. The van der Waals surface area contributed by atoms with E-state index in [1.165, 1.54) is 5.56 Å². The number of amides is 1. The number of hydrogen-bond donors (Lipinski definition) is 1. The van der Waals surface area contributed by atoms with Crippen LogP contribution in [-0.4, -0.2) is 5.91 Å². The molecule has 3 aromatic rings. The van der Waals surface area contributed by atoms with Crippen molar-refractivity contribution in [2.75, 3.05) is 5.32 Å². The summed E-state index contributed by atoms with van der Waals surface area (Å²) in [6.07, 6.45) is 1.69. The lowest BCUT2D eigenvalue weighted by Crippen LogP contribution is -2.11. The number of thioether (sulfide) groups is 1. The minimum absolute atomic E-state index is 0.0917. The maximum atomic E-state index is 12.2. The quantitative estimate of drug-likeness (QED) is 0.697. The number of hydrogen-bond acceptors (Lipinski definition) is 3. The molecule has 0 atom stereocenters. The molecular formula is C19H17NO2S. The molecule has 0 aliphatic heterocycles. The Morgan fingerprint density at radius 3 is 2.39 bits per heavy atom. The van der Waals surface area contributed by atoms with Crippen molar-refractivity contribution >= 4 is 23.4 Å². The Balaban J connectivity index is 1.53. The Morgan fingerprint density at radius 2 is 1.70 bits per heavy atom. The summed E-state index contributed by atoms with van der Waals surface area (Å²) in [5.41, 5.74) is 2.65. The normalized spacial score (nSPS) is 10.4. The van der Waals surface area contributed by atoms with E-state index >= 15 is 0 Å². The maximum absolute atomic E-state index is 12.2. The molecule has 0 fully saturated rings. The highest BCUT2D eigenvalue weighted by Gasteiger charge is 2.06. The van der Waals surface area contributed by atoms with E-state index in [1.807, 2.05) is 66.7 Å². The van der Waals surface area contributed by atoms with Gasteiger partial charge < -0.3 is 9.73 Å². The predicted octanol–water partition coefficient (Wildman–Crippen LogP) is 4.97. The van der Waals surface area contributed by atoms with Crippen LogP contribution in [0.15, 0.2) is 77.4 Å². The van der Waals surface area contributed by atoms with Crippen LogP contribution in [0.1, 0.15) is 21.7 Å².